The maximum Gasteiger partial charge on any atom is 0.283 e. The fourth-order valence-corrected chi connectivity index (χ4v) is 3.70. The molecule has 3 heterocycles. The van der Waals surface area contributed by atoms with Gasteiger partial charge in [0.1, 0.15) is 5.75 Å². The lowest BCUT2D eigenvalue weighted by molar-refractivity contribution is -0.114. The molecule has 0 radical (unpaired) electrons. The number of fused-ring (bicyclic) bond motifs is 1. The van der Waals surface area contributed by atoms with Gasteiger partial charge in [0.2, 0.25) is 5.17 Å². The van der Waals surface area contributed by atoms with Gasteiger partial charge < -0.3 is 9.15 Å². The van der Waals surface area contributed by atoms with E-state index in [9.17, 15) is 4.79 Å². The Hall–Kier alpha value is -2.65. The summed E-state index contributed by atoms with van der Waals surface area (Å²) in [5.74, 6) is 0.612. The van der Waals surface area contributed by atoms with Crippen LogP contribution in [0.4, 0.5) is 0 Å². The molecule has 2 aromatic rings. The molecule has 4 rings (SSSR count). The monoisotopic (exact) mass is 430 g/mol. The molecule has 0 saturated heterocycles. The van der Waals surface area contributed by atoms with Crippen LogP contribution < -0.4 is 4.74 Å². The fraction of sp³-hybridized carbons (Fsp3) is 0.0588. The lowest BCUT2D eigenvalue weighted by atomic mass is 10.1. The van der Waals surface area contributed by atoms with Crippen LogP contribution in [0.1, 0.15) is 11.3 Å². The molecule has 1 aromatic heterocycles. The third kappa shape index (κ3) is 2.89. The van der Waals surface area contributed by atoms with Crippen LogP contribution in [-0.2, 0) is 4.79 Å². The average Bonchev–Trinajstić information content (AvgIpc) is 3.28. The van der Waals surface area contributed by atoms with E-state index in [0.717, 1.165) is 4.47 Å². The van der Waals surface area contributed by atoms with E-state index in [-0.39, 0.29) is 11.4 Å². The number of carbonyl (C=O) groups is 1. The molecule has 130 valence electrons. The number of amidine groups is 2. The number of nitrogens with one attached hydrogen (secondary N) is 1. The highest BCUT2D eigenvalue weighted by Gasteiger charge is 2.36. The average molecular weight is 431 g/mol. The van der Waals surface area contributed by atoms with Crippen LogP contribution in [-0.4, -0.2) is 34.1 Å². The zero-order valence-corrected chi connectivity index (χ0v) is 15.8. The van der Waals surface area contributed by atoms with Crippen molar-refractivity contribution in [3.63, 3.8) is 0 Å². The van der Waals surface area contributed by atoms with Gasteiger partial charge in [0.05, 0.1) is 18.9 Å². The molecule has 2 aliphatic heterocycles. The Morgan fingerprint density at radius 1 is 1.38 bits per heavy atom. The van der Waals surface area contributed by atoms with Gasteiger partial charge in [-0.05, 0) is 48.2 Å². The Morgan fingerprint density at radius 3 is 2.96 bits per heavy atom. The Kier molecular flexibility index (Phi) is 4.25. The number of benzene rings is 1. The molecule has 1 amide bonds. The third-order valence-corrected chi connectivity index (χ3v) is 5.09. The summed E-state index contributed by atoms with van der Waals surface area (Å²) >= 11 is 4.59. The number of rotatable bonds is 3. The molecule has 0 bridgehead atoms. The van der Waals surface area contributed by atoms with Gasteiger partial charge in [0.25, 0.3) is 5.91 Å². The summed E-state index contributed by atoms with van der Waals surface area (Å²) in [7, 11) is 1.55. The van der Waals surface area contributed by atoms with E-state index in [0.29, 0.717) is 27.3 Å². The number of ether oxygens (including phenoxy) is 1. The minimum absolute atomic E-state index is 0.0453. The van der Waals surface area contributed by atoms with Crippen molar-refractivity contribution < 1.29 is 13.9 Å². The first-order chi connectivity index (χ1) is 12.6. The van der Waals surface area contributed by atoms with Crippen molar-refractivity contribution in [1.29, 1.82) is 5.41 Å². The summed E-state index contributed by atoms with van der Waals surface area (Å²) in [5, 5.41) is 15.0. The molecular weight excluding hydrogens is 420 g/mol. The topological polar surface area (TPSA) is 91.2 Å². The van der Waals surface area contributed by atoms with Gasteiger partial charge in [-0.15, -0.1) is 0 Å². The van der Waals surface area contributed by atoms with Gasteiger partial charge in [0.15, 0.2) is 16.6 Å². The summed E-state index contributed by atoms with van der Waals surface area (Å²) in [6.45, 7) is 0. The molecule has 2 aliphatic rings. The number of hydrazone groups is 1. The van der Waals surface area contributed by atoms with Crippen LogP contribution in [0.25, 0.3) is 6.08 Å². The normalized spacial score (nSPS) is 18.1. The Bertz CT molecular complexity index is 1010. The third-order valence-electron chi connectivity index (χ3n) is 3.68. The molecule has 0 saturated carbocycles. The number of nitrogens with zero attached hydrogens (tertiary/aromatic N) is 3. The Balaban J connectivity index is 1.74. The van der Waals surface area contributed by atoms with Crippen LogP contribution in [0.2, 0.25) is 0 Å². The first-order valence-corrected chi connectivity index (χ1v) is 9.05. The fourth-order valence-electron chi connectivity index (χ4n) is 2.47. The van der Waals surface area contributed by atoms with Gasteiger partial charge in [-0.25, -0.2) is 0 Å². The standard InChI is InChI=1S/C17H11BrN4O3S/c1-24-12-5-4-10(18)7-9(12)8-11-14(19)22-17(20-15(11)23)26-16(21-22)13-3-2-6-25-13/h2-8,19H,1H3/b11-8-,19-14?. The Morgan fingerprint density at radius 2 is 2.23 bits per heavy atom. The molecule has 7 nitrogen and oxygen atoms in total. The van der Waals surface area contributed by atoms with Gasteiger partial charge in [-0.2, -0.15) is 15.1 Å². The van der Waals surface area contributed by atoms with Crippen molar-refractivity contribution in [2.75, 3.05) is 7.11 Å². The molecular formula is C17H11BrN4O3S. The second-order valence-corrected chi connectivity index (χ2v) is 7.16. The maximum atomic E-state index is 12.5. The highest BCUT2D eigenvalue weighted by Crippen LogP contribution is 2.32. The summed E-state index contributed by atoms with van der Waals surface area (Å²) < 4.78 is 11.5. The van der Waals surface area contributed by atoms with E-state index >= 15 is 0 Å². The van der Waals surface area contributed by atoms with Crippen LogP contribution in [0, 0.1) is 5.41 Å². The van der Waals surface area contributed by atoms with Crippen LogP contribution in [0.3, 0.4) is 0 Å². The summed E-state index contributed by atoms with van der Waals surface area (Å²) in [5.41, 5.74) is 0.797. The number of thioether (sulfide) groups is 1. The summed E-state index contributed by atoms with van der Waals surface area (Å²) in [4.78, 5) is 16.5. The largest absolute Gasteiger partial charge is 0.496 e. The number of amides is 1. The predicted octanol–water partition coefficient (Wildman–Crippen LogP) is 3.72. The van der Waals surface area contributed by atoms with Crippen molar-refractivity contribution in [3.8, 4) is 5.75 Å². The number of furan rings is 1. The zero-order valence-electron chi connectivity index (χ0n) is 13.4. The molecule has 0 spiro atoms. The smallest absolute Gasteiger partial charge is 0.283 e. The van der Waals surface area contributed by atoms with E-state index in [1.54, 1.807) is 37.6 Å². The van der Waals surface area contributed by atoms with E-state index < -0.39 is 5.91 Å². The van der Waals surface area contributed by atoms with Gasteiger partial charge in [-0.3, -0.25) is 10.2 Å². The molecule has 26 heavy (non-hydrogen) atoms. The minimum atomic E-state index is -0.494. The molecule has 0 fully saturated rings. The summed E-state index contributed by atoms with van der Waals surface area (Å²) in [6.07, 6.45) is 3.12. The number of hydrogen-bond donors (Lipinski definition) is 1. The van der Waals surface area contributed by atoms with Gasteiger partial charge >= 0.3 is 0 Å². The Labute approximate surface area is 161 Å². The predicted molar refractivity (Wildman–Crippen MR) is 104 cm³/mol. The van der Waals surface area contributed by atoms with E-state index in [1.807, 2.05) is 12.1 Å². The van der Waals surface area contributed by atoms with Crippen molar-refractivity contribution in [2.45, 2.75) is 0 Å². The van der Waals surface area contributed by atoms with Gasteiger partial charge in [-0.1, -0.05) is 15.9 Å². The SMILES string of the molecule is COc1ccc(Br)cc1/C=C1/C(=N)N2N=C(c3ccco3)SC2=NC1=O. The molecule has 1 aromatic carbocycles. The number of halogens is 1. The number of methoxy groups -OCH3 is 1. The second kappa shape index (κ2) is 6.58. The van der Waals surface area contributed by atoms with Crippen molar-refractivity contribution in [2.24, 2.45) is 10.1 Å². The maximum absolute atomic E-state index is 12.5. The summed E-state index contributed by atoms with van der Waals surface area (Å²) in [6, 6.07) is 8.93. The molecule has 9 heteroatoms. The van der Waals surface area contributed by atoms with E-state index in [1.165, 1.54) is 16.8 Å². The number of hydrogen-bond acceptors (Lipinski definition) is 6. The second-order valence-electron chi connectivity index (χ2n) is 5.29. The first-order valence-electron chi connectivity index (χ1n) is 7.44. The first kappa shape index (κ1) is 16.8. The van der Waals surface area contributed by atoms with Crippen molar-refractivity contribution >= 4 is 55.7 Å². The van der Waals surface area contributed by atoms with Crippen LogP contribution in [0.15, 0.2) is 61.2 Å². The molecule has 0 atom stereocenters. The van der Waals surface area contributed by atoms with Gasteiger partial charge in [0, 0.05) is 10.0 Å². The number of carbonyl (C=O) groups excluding carboxylic acids is 1. The van der Waals surface area contributed by atoms with E-state index in [4.69, 9.17) is 14.6 Å². The lowest BCUT2D eigenvalue weighted by Crippen LogP contribution is -2.35. The number of aliphatic imine (C=N–C) groups is 1. The molecule has 1 N–H and O–H groups in total. The molecule has 0 unspecified atom stereocenters. The lowest BCUT2D eigenvalue weighted by Gasteiger charge is -2.20. The molecule has 0 aliphatic carbocycles. The van der Waals surface area contributed by atoms with Crippen molar-refractivity contribution in [3.05, 3.63) is 58.0 Å². The van der Waals surface area contributed by atoms with Crippen molar-refractivity contribution in [1.82, 2.24) is 5.01 Å². The highest BCUT2D eigenvalue weighted by molar-refractivity contribution is 9.10. The van der Waals surface area contributed by atoms with Crippen LogP contribution >= 0.6 is 27.7 Å². The van der Waals surface area contributed by atoms with E-state index in [2.05, 4.69) is 26.0 Å². The van der Waals surface area contributed by atoms with Crippen LogP contribution in [0.5, 0.6) is 5.75 Å². The highest BCUT2D eigenvalue weighted by atomic mass is 79.9. The minimum Gasteiger partial charge on any atom is -0.496 e. The zero-order chi connectivity index (χ0) is 18.3. The quantitative estimate of drug-likeness (QED) is 0.749.